The molecule has 1 aliphatic rings. The highest BCUT2D eigenvalue weighted by atomic mass is 32.2. The van der Waals surface area contributed by atoms with Crippen molar-refractivity contribution in [1.29, 1.82) is 0 Å². The van der Waals surface area contributed by atoms with Crippen LogP contribution in [0.1, 0.15) is 43.4 Å². The Balaban J connectivity index is 1.99. The van der Waals surface area contributed by atoms with Gasteiger partial charge in [-0.3, -0.25) is 4.79 Å². The predicted molar refractivity (Wildman–Crippen MR) is 86.4 cm³/mol. The van der Waals surface area contributed by atoms with Gasteiger partial charge in [0.05, 0.1) is 11.2 Å². The van der Waals surface area contributed by atoms with Crippen molar-refractivity contribution in [2.24, 2.45) is 0 Å². The summed E-state index contributed by atoms with van der Waals surface area (Å²) in [7, 11) is -2.95. The summed E-state index contributed by atoms with van der Waals surface area (Å²) in [5.74, 6) is 0.192. The highest BCUT2D eigenvalue weighted by Gasteiger charge is 2.41. The number of amides is 1. The van der Waals surface area contributed by atoms with Crippen LogP contribution in [-0.2, 0) is 20.0 Å². The van der Waals surface area contributed by atoms with Crippen LogP contribution in [-0.4, -0.2) is 32.9 Å². The minimum atomic E-state index is -2.95. The second kappa shape index (κ2) is 6.92. The van der Waals surface area contributed by atoms with Crippen LogP contribution in [0.3, 0.4) is 0 Å². The molecule has 0 atom stereocenters. The molecular formula is C15H23NO3S2. The Kier molecular flexibility index (Phi) is 5.43. The largest absolute Gasteiger partial charge is 0.355 e. The summed E-state index contributed by atoms with van der Waals surface area (Å²) in [5.41, 5.74) is -0.391. The van der Waals surface area contributed by atoms with Crippen molar-refractivity contribution >= 4 is 27.1 Å². The van der Waals surface area contributed by atoms with Crippen LogP contribution in [0.5, 0.6) is 0 Å². The third-order valence-electron chi connectivity index (χ3n) is 4.11. The number of carbonyl (C=O) groups is 1. The molecule has 6 heteroatoms. The fraction of sp³-hybridized carbons (Fsp3) is 0.667. The number of thiophene rings is 1. The van der Waals surface area contributed by atoms with Gasteiger partial charge in [-0.25, -0.2) is 8.42 Å². The van der Waals surface area contributed by atoms with Crippen molar-refractivity contribution < 1.29 is 13.2 Å². The summed E-state index contributed by atoms with van der Waals surface area (Å²) in [6.45, 7) is 0.430. The number of rotatable bonds is 6. The predicted octanol–water partition coefficient (Wildman–Crippen LogP) is 2.50. The van der Waals surface area contributed by atoms with E-state index in [1.807, 2.05) is 17.5 Å². The van der Waals surface area contributed by atoms with Gasteiger partial charge >= 0.3 is 0 Å². The molecule has 2 rings (SSSR count). The number of sulfone groups is 1. The van der Waals surface area contributed by atoms with Crippen molar-refractivity contribution in [2.45, 2.75) is 43.9 Å². The molecule has 21 heavy (non-hydrogen) atoms. The van der Waals surface area contributed by atoms with E-state index in [0.29, 0.717) is 13.0 Å². The van der Waals surface area contributed by atoms with Crippen molar-refractivity contribution in [2.75, 3.05) is 18.6 Å². The normalized spacial score (nSPS) is 18.3. The number of hydrogen-bond donors (Lipinski definition) is 1. The molecule has 118 valence electrons. The maximum atomic E-state index is 12.7. The molecule has 0 radical (unpaired) electrons. The quantitative estimate of drug-likeness (QED) is 0.816. The summed E-state index contributed by atoms with van der Waals surface area (Å²) < 4.78 is 22.2. The molecule has 1 amide bonds. The van der Waals surface area contributed by atoms with E-state index in [1.54, 1.807) is 11.3 Å². The maximum Gasteiger partial charge on any atom is 0.231 e. The van der Waals surface area contributed by atoms with Crippen LogP contribution in [0.25, 0.3) is 0 Å². The van der Waals surface area contributed by atoms with Gasteiger partial charge in [0.2, 0.25) is 5.91 Å². The third-order valence-corrected chi connectivity index (χ3v) is 6.22. The highest BCUT2D eigenvalue weighted by molar-refractivity contribution is 7.90. The SMILES string of the molecule is CS(=O)(=O)CCCNC(=O)C1(c2cccs2)CCCCC1. The lowest BCUT2D eigenvalue weighted by Gasteiger charge is -2.35. The molecule has 1 heterocycles. The molecule has 1 aromatic rings. The van der Waals surface area contributed by atoms with Crippen LogP contribution in [0.2, 0.25) is 0 Å². The van der Waals surface area contributed by atoms with E-state index in [4.69, 9.17) is 0 Å². The first-order valence-electron chi connectivity index (χ1n) is 7.44. The molecule has 1 aliphatic carbocycles. The van der Waals surface area contributed by atoms with Crippen LogP contribution in [0, 0.1) is 0 Å². The minimum Gasteiger partial charge on any atom is -0.355 e. The second-order valence-electron chi connectivity index (χ2n) is 5.86. The molecule has 1 N–H and O–H groups in total. The molecule has 0 aliphatic heterocycles. The van der Waals surface area contributed by atoms with Crippen LogP contribution >= 0.6 is 11.3 Å². The standard InChI is InChI=1S/C15H23NO3S2/c1-21(18,19)12-6-10-16-14(17)15(8-3-2-4-9-15)13-7-5-11-20-13/h5,7,11H,2-4,6,8-10,12H2,1H3,(H,16,17). The molecule has 1 fully saturated rings. The summed E-state index contributed by atoms with van der Waals surface area (Å²) >= 11 is 1.64. The molecule has 0 spiro atoms. The molecular weight excluding hydrogens is 306 g/mol. The Morgan fingerprint density at radius 3 is 2.62 bits per heavy atom. The summed E-state index contributed by atoms with van der Waals surface area (Å²) in [6.07, 6.45) is 6.84. The van der Waals surface area contributed by atoms with Gasteiger partial charge in [0.1, 0.15) is 9.84 Å². The Labute approximate surface area is 130 Å². The zero-order valence-corrected chi connectivity index (χ0v) is 14.1. The monoisotopic (exact) mass is 329 g/mol. The van der Waals surface area contributed by atoms with Crippen molar-refractivity contribution in [1.82, 2.24) is 5.32 Å². The van der Waals surface area contributed by atoms with E-state index < -0.39 is 15.3 Å². The average Bonchev–Trinajstić information content (AvgIpc) is 2.97. The van der Waals surface area contributed by atoms with Gasteiger partial charge in [-0.05, 0) is 30.7 Å². The van der Waals surface area contributed by atoms with Gasteiger partial charge in [-0.1, -0.05) is 25.3 Å². The third kappa shape index (κ3) is 4.30. The maximum absolute atomic E-state index is 12.7. The lowest BCUT2D eigenvalue weighted by molar-refractivity contribution is -0.127. The van der Waals surface area contributed by atoms with E-state index in [0.717, 1.165) is 30.6 Å². The van der Waals surface area contributed by atoms with Crippen LogP contribution in [0.4, 0.5) is 0 Å². The zero-order valence-electron chi connectivity index (χ0n) is 12.4. The van der Waals surface area contributed by atoms with Crippen LogP contribution in [0.15, 0.2) is 17.5 Å². The van der Waals surface area contributed by atoms with Crippen molar-refractivity contribution in [3.63, 3.8) is 0 Å². The fourth-order valence-electron chi connectivity index (χ4n) is 3.00. The Hall–Kier alpha value is -0.880. The van der Waals surface area contributed by atoms with Crippen LogP contribution < -0.4 is 5.32 Å². The lowest BCUT2D eigenvalue weighted by atomic mass is 9.72. The van der Waals surface area contributed by atoms with Crippen molar-refractivity contribution in [3.05, 3.63) is 22.4 Å². The topological polar surface area (TPSA) is 63.2 Å². The lowest BCUT2D eigenvalue weighted by Crippen LogP contribution is -2.45. The minimum absolute atomic E-state index is 0.0677. The summed E-state index contributed by atoms with van der Waals surface area (Å²) in [5, 5.41) is 4.97. The van der Waals surface area contributed by atoms with Gasteiger partial charge in [0, 0.05) is 17.7 Å². The number of carbonyl (C=O) groups excluding carboxylic acids is 1. The molecule has 1 aromatic heterocycles. The first kappa shape index (κ1) is 16.5. The summed E-state index contributed by atoms with van der Waals surface area (Å²) in [4.78, 5) is 13.8. The van der Waals surface area contributed by atoms with Gasteiger partial charge in [0.25, 0.3) is 0 Å². The fourth-order valence-corrected chi connectivity index (χ4v) is 4.65. The Morgan fingerprint density at radius 2 is 2.05 bits per heavy atom. The van der Waals surface area contributed by atoms with E-state index in [1.165, 1.54) is 12.7 Å². The van der Waals surface area contributed by atoms with Crippen molar-refractivity contribution in [3.8, 4) is 0 Å². The van der Waals surface area contributed by atoms with Gasteiger partial charge in [-0.2, -0.15) is 0 Å². The average molecular weight is 329 g/mol. The first-order chi connectivity index (χ1) is 9.94. The molecule has 4 nitrogen and oxygen atoms in total. The van der Waals surface area contributed by atoms with E-state index in [9.17, 15) is 13.2 Å². The smallest absolute Gasteiger partial charge is 0.231 e. The Bertz CT molecular complexity index is 558. The van der Waals surface area contributed by atoms with E-state index >= 15 is 0 Å². The van der Waals surface area contributed by atoms with E-state index in [2.05, 4.69) is 5.32 Å². The highest BCUT2D eigenvalue weighted by Crippen LogP contribution is 2.41. The Morgan fingerprint density at radius 1 is 1.33 bits per heavy atom. The van der Waals surface area contributed by atoms with Gasteiger partial charge < -0.3 is 5.32 Å². The molecule has 0 bridgehead atoms. The number of nitrogens with one attached hydrogen (secondary N) is 1. The van der Waals surface area contributed by atoms with E-state index in [-0.39, 0.29) is 11.7 Å². The molecule has 0 unspecified atom stereocenters. The first-order valence-corrected chi connectivity index (χ1v) is 10.4. The zero-order chi connectivity index (χ0) is 15.3. The van der Waals surface area contributed by atoms with Gasteiger partial charge in [-0.15, -0.1) is 11.3 Å². The second-order valence-corrected chi connectivity index (χ2v) is 9.07. The number of hydrogen-bond acceptors (Lipinski definition) is 4. The molecule has 0 saturated heterocycles. The molecule has 1 saturated carbocycles. The molecule has 0 aromatic carbocycles. The summed E-state index contributed by atoms with van der Waals surface area (Å²) in [6, 6.07) is 4.04. The van der Waals surface area contributed by atoms with Gasteiger partial charge in [0.15, 0.2) is 0 Å².